The number of nitrogens with zero attached hydrogens (tertiary/aromatic N) is 1. The van der Waals surface area contributed by atoms with Crippen LogP contribution in [0.4, 0.5) is 17.6 Å². The van der Waals surface area contributed by atoms with E-state index in [-0.39, 0.29) is 11.3 Å². The molecule has 0 aliphatic rings. The molecule has 0 spiro atoms. The molecule has 2 rings (SSSR count). The molecule has 7 heteroatoms. The molecule has 0 aliphatic heterocycles. The van der Waals surface area contributed by atoms with E-state index in [1.165, 1.54) is 12.1 Å². The molecule has 3 nitrogen and oxygen atoms in total. The number of halogens is 4. The van der Waals surface area contributed by atoms with Gasteiger partial charge in [-0.15, -0.1) is 0 Å². The van der Waals surface area contributed by atoms with Gasteiger partial charge in [0.25, 0.3) is 0 Å². The number of carbonyl (C=O) groups excluding carboxylic acids is 1. The van der Waals surface area contributed by atoms with Gasteiger partial charge < -0.3 is 5.73 Å². The van der Waals surface area contributed by atoms with E-state index in [9.17, 15) is 22.4 Å². The summed E-state index contributed by atoms with van der Waals surface area (Å²) in [5, 5.41) is 0. The maximum Gasteiger partial charge on any atom is 0.416 e. The number of aromatic nitrogens is 1. The van der Waals surface area contributed by atoms with Crippen molar-refractivity contribution in [3.63, 3.8) is 0 Å². The van der Waals surface area contributed by atoms with Crippen LogP contribution in [-0.4, -0.2) is 10.9 Å². The Bertz CT molecular complexity index is 670. The Morgan fingerprint density at radius 3 is 2.48 bits per heavy atom. The van der Waals surface area contributed by atoms with Crippen LogP contribution in [-0.2, 0) is 11.0 Å². The third-order valence-electron chi connectivity index (χ3n) is 2.87. The minimum absolute atomic E-state index is 0.148. The van der Waals surface area contributed by atoms with Gasteiger partial charge in [0.05, 0.1) is 11.3 Å². The average molecular weight is 298 g/mol. The number of primary amides is 1. The first kappa shape index (κ1) is 15.0. The standard InChI is InChI=1S/C14H10F4N2O/c15-10-3-1-2-8(6-10)12(13(19)21)11-7-9(4-5-20-11)14(16,17)18/h1-7,12H,(H2,19,21). The minimum Gasteiger partial charge on any atom is -0.369 e. The van der Waals surface area contributed by atoms with Gasteiger partial charge in [-0.2, -0.15) is 13.2 Å². The predicted molar refractivity (Wildman–Crippen MR) is 66.7 cm³/mol. The monoisotopic (exact) mass is 298 g/mol. The van der Waals surface area contributed by atoms with Crippen molar-refractivity contribution in [2.45, 2.75) is 12.1 Å². The summed E-state index contributed by atoms with van der Waals surface area (Å²) in [5.41, 5.74) is 4.25. The van der Waals surface area contributed by atoms with E-state index in [0.717, 1.165) is 30.5 Å². The zero-order valence-corrected chi connectivity index (χ0v) is 10.6. The molecule has 1 atom stereocenters. The zero-order chi connectivity index (χ0) is 15.6. The van der Waals surface area contributed by atoms with Crippen molar-refractivity contribution < 1.29 is 22.4 Å². The summed E-state index contributed by atoms with van der Waals surface area (Å²) < 4.78 is 51.3. The Balaban J connectivity index is 2.52. The van der Waals surface area contributed by atoms with Gasteiger partial charge in [0.15, 0.2) is 0 Å². The van der Waals surface area contributed by atoms with Crippen molar-refractivity contribution in [1.82, 2.24) is 4.98 Å². The lowest BCUT2D eigenvalue weighted by molar-refractivity contribution is -0.137. The molecule has 2 N–H and O–H groups in total. The molecule has 0 bridgehead atoms. The van der Waals surface area contributed by atoms with Crippen molar-refractivity contribution in [1.29, 1.82) is 0 Å². The van der Waals surface area contributed by atoms with E-state index in [1.54, 1.807) is 0 Å². The highest BCUT2D eigenvalue weighted by Crippen LogP contribution is 2.32. The summed E-state index contributed by atoms with van der Waals surface area (Å²) in [4.78, 5) is 15.3. The molecule has 0 radical (unpaired) electrons. The lowest BCUT2D eigenvalue weighted by atomic mass is 9.93. The quantitative estimate of drug-likeness (QED) is 0.886. The highest BCUT2D eigenvalue weighted by atomic mass is 19.4. The molecule has 0 fully saturated rings. The van der Waals surface area contributed by atoms with Crippen LogP contribution in [0.1, 0.15) is 22.7 Å². The Labute approximate surface area is 117 Å². The molecule has 1 aromatic heterocycles. The van der Waals surface area contributed by atoms with Crippen molar-refractivity contribution >= 4 is 5.91 Å². The van der Waals surface area contributed by atoms with E-state index in [1.807, 2.05) is 0 Å². The average Bonchev–Trinajstić information content (AvgIpc) is 2.38. The molecule has 21 heavy (non-hydrogen) atoms. The van der Waals surface area contributed by atoms with E-state index in [4.69, 9.17) is 5.73 Å². The smallest absolute Gasteiger partial charge is 0.369 e. The van der Waals surface area contributed by atoms with Gasteiger partial charge in [-0.3, -0.25) is 9.78 Å². The van der Waals surface area contributed by atoms with Crippen molar-refractivity contribution in [2.75, 3.05) is 0 Å². The van der Waals surface area contributed by atoms with E-state index in [2.05, 4.69) is 4.98 Å². The van der Waals surface area contributed by atoms with Crippen molar-refractivity contribution in [3.05, 3.63) is 65.2 Å². The maximum atomic E-state index is 13.2. The van der Waals surface area contributed by atoms with Crippen LogP contribution in [0.25, 0.3) is 0 Å². The summed E-state index contributed by atoms with van der Waals surface area (Å²) in [7, 11) is 0. The zero-order valence-electron chi connectivity index (χ0n) is 10.6. The van der Waals surface area contributed by atoms with E-state index < -0.39 is 29.4 Å². The summed E-state index contributed by atoms with van der Waals surface area (Å²) in [6.07, 6.45) is -3.63. The predicted octanol–water partition coefficient (Wildman–Crippen LogP) is 2.86. The number of alkyl halides is 3. The highest BCUT2D eigenvalue weighted by Gasteiger charge is 2.32. The molecule has 0 saturated heterocycles. The number of hydrogen-bond donors (Lipinski definition) is 1. The first-order valence-electron chi connectivity index (χ1n) is 5.87. The van der Waals surface area contributed by atoms with Gasteiger partial charge in [-0.05, 0) is 29.8 Å². The van der Waals surface area contributed by atoms with Crippen LogP contribution in [0, 0.1) is 5.82 Å². The van der Waals surface area contributed by atoms with Crippen LogP contribution < -0.4 is 5.73 Å². The Kier molecular flexibility index (Phi) is 3.93. The van der Waals surface area contributed by atoms with Crippen LogP contribution in [0.3, 0.4) is 0 Å². The summed E-state index contributed by atoms with van der Waals surface area (Å²) >= 11 is 0. The Morgan fingerprint density at radius 2 is 1.90 bits per heavy atom. The van der Waals surface area contributed by atoms with Crippen molar-refractivity contribution in [2.24, 2.45) is 5.73 Å². The van der Waals surface area contributed by atoms with Crippen LogP contribution in [0.15, 0.2) is 42.6 Å². The second-order valence-electron chi connectivity index (χ2n) is 4.36. The fourth-order valence-corrected chi connectivity index (χ4v) is 1.95. The molecule has 1 amide bonds. The number of amides is 1. The normalized spacial score (nSPS) is 13.0. The Morgan fingerprint density at radius 1 is 1.19 bits per heavy atom. The molecule has 1 heterocycles. The SMILES string of the molecule is NC(=O)C(c1cccc(F)c1)c1cc(C(F)(F)F)ccn1. The number of hydrogen-bond acceptors (Lipinski definition) is 2. The Hall–Kier alpha value is -2.44. The largest absolute Gasteiger partial charge is 0.416 e. The number of rotatable bonds is 3. The molecule has 1 aromatic carbocycles. The number of nitrogens with two attached hydrogens (primary N) is 1. The van der Waals surface area contributed by atoms with Crippen LogP contribution in [0.5, 0.6) is 0 Å². The van der Waals surface area contributed by atoms with Gasteiger partial charge in [-0.25, -0.2) is 4.39 Å². The first-order valence-corrected chi connectivity index (χ1v) is 5.87. The number of benzene rings is 1. The van der Waals surface area contributed by atoms with Crippen molar-refractivity contribution in [3.8, 4) is 0 Å². The van der Waals surface area contributed by atoms with E-state index >= 15 is 0 Å². The number of carbonyl (C=O) groups is 1. The minimum atomic E-state index is -4.57. The summed E-state index contributed by atoms with van der Waals surface area (Å²) in [6.45, 7) is 0. The highest BCUT2D eigenvalue weighted by molar-refractivity contribution is 5.85. The number of pyridine rings is 1. The van der Waals surface area contributed by atoms with Gasteiger partial charge in [0.2, 0.25) is 5.91 Å². The molecular weight excluding hydrogens is 288 g/mol. The van der Waals surface area contributed by atoms with Gasteiger partial charge in [0, 0.05) is 6.20 Å². The third-order valence-corrected chi connectivity index (χ3v) is 2.87. The topological polar surface area (TPSA) is 56.0 Å². The molecule has 2 aromatic rings. The lowest BCUT2D eigenvalue weighted by Gasteiger charge is -2.15. The maximum absolute atomic E-state index is 13.2. The lowest BCUT2D eigenvalue weighted by Crippen LogP contribution is -2.24. The van der Waals surface area contributed by atoms with Crippen LogP contribution in [0.2, 0.25) is 0 Å². The van der Waals surface area contributed by atoms with E-state index in [0.29, 0.717) is 0 Å². The van der Waals surface area contributed by atoms with Crippen LogP contribution >= 0.6 is 0 Å². The third kappa shape index (κ3) is 3.36. The fourth-order valence-electron chi connectivity index (χ4n) is 1.95. The van der Waals surface area contributed by atoms with Gasteiger partial charge >= 0.3 is 6.18 Å². The second kappa shape index (κ2) is 5.51. The van der Waals surface area contributed by atoms with Gasteiger partial charge in [-0.1, -0.05) is 12.1 Å². The molecule has 0 saturated carbocycles. The second-order valence-corrected chi connectivity index (χ2v) is 4.36. The molecular formula is C14H10F4N2O. The molecule has 1 unspecified atom stereocenters. The first-order chi connectivity index (χ1) is 9.79. The fraction of sp³-hybridized carbons (Fsp3) is 0.143. The molecule has 0 aliphatic carbocycles. The summed E-state index contributed by atoms with van der Waals surface area (Å²) in [6, 6.07) is 6.46. The molecule has 110 valence electrons. The summed E-state index contributed by atoms with van der Waals surface area (Å²) in [5.74, 6) is -2.78. The van der Waals surface area contributed by atoms with Gasteiger partial charge in [0.1, 0.15) is 11.7 Å².